The van der Waals surface area contributed by atoms with Crippen molar-refractivity contribution in [2.75, 3.05) is 0 Å². The smallest absolute Gasteiger partial charge is 0.416 e. The van der Waals surface area contributed by atoms with E-state index in [4.69, 9.17) is 20.5 Å². The molecule has 0 heterocycles. The summed E-state index contributed by atoms with van der Waals surface area (Å²) in [6.07, 6.45) is -4.41. The summed E-state index contributed by atoms with van der Waals surface area (Å²) < 4.78 is 55.0. The predicted molar refractivity (Wildman–Crippen MR) is 146 cm³/mol. The highest BCUT2D eigenvalue weighted by atomic mass is 32.2. The second-order valence-electron chi connectivity index (χ2n) is 7.87. The van der Waals surface area contributed by atoms with Crippen LogP contribution in [0.15, 0.2) is 119 Å². The minimum atomic E-state index is -4.41. The van der Waals surface area contributed by atoms with E-state index in [2.05, 4.69) is 9.71 Å². The number of guanidine groups is 1. The van der Waals surface area contributed by atoms with Gasteiger partial charge in [-0.2, -0.15) is 13.2 Å². The summed E-state index contributed by atoms with van der Waals surface area (Å²) in [6, 6.07) is 30.6. The molecule has 4 aromatic rings. The fourth-order valence-electron chi connectivity index (χ4n) is 3.24. The molecule has 4 aromatic carbocycles. The number of aliphatic imine (C=N–C) groups is 1. The summed E-state index contributed by atoms with van der Waals surface area (Å²) in [4.78, 5) is 4.65. The van der Waals surface area contributed by atoms with Crippen molar-refractivity contribution in [1.82, 2.24) is 4.72 Å². The Labute approximate surface area is 223 Å². The molecule has 0 saturated heterocycles. The lowest BCUT2D eigenvalue weighted by atomic mass is 10.2. The summed E-state index contributed by atoms with van der Waals surface area (Å²) in [5.74, 6) is 0.648. The van der Waals surface area contributed by atoms with Crippen LogP contribution in [-0.2, 0) is 6.18 Å². The first kappa shape index (κ1) is 27.3. The van der Waals surface area contributed by atoms with Crippen molar-refractivity contribution in [2.45, 2.75) is 16.9 Å². The number of nitrogens with zero attached hydrogens (tertiary/aromatic N) is 1. The molecule has 4 rings (SSSR count). The average molecular weight is 557 g/mol. The molecule has 38 heavy (non-hydrogen) atoms. The normalized spacial score (nSPS) is 12.1. The van der Waals surface area contributed by atoms with E-state index in [0.29, 0.717) is 22.1 Å². The van der Waals surface area contributed by atoms with Crippen LogP contribution in [-0.4, -0.2) is 5.96 Å². The van der Waals surface area contributed by atoms with Gasteiger partial charge in [0.2, 0.25) is 0 Å². The van der Waals surface area contributed by atoms with Crippen LogP contribution in [0, 0.1) is 0 Å². The zero-order valence-corrected chi connectivity index (χ0v) is 21.6. The van der Waals surface area contributed by atoms with Crippen molar-refractivity contribution in [2.24, 2.45) is 16.5 Å². The number of rotatable bonds is 10. The van der Waals surface area contributed by atoms with Crippen LogP contribution < -0.4 is 25.2 Å². The van der Waals surface area contributed by atoms with Gasteiger partial charge in [0.05, 0.1) is 11.3 Å². The van der Waals surface area contributed by atoms with Crippen LogP contribution in [0.2, 0.25) is 0 Å². The summed E-state index contributed by atoms with van der Waals surface area (Å²) in [5, 5.41) is 0. The van der Waals surface area contributed by atoms with E-state index < -0.39 is 25.9 Å². The number of alkyl halides is 3. The van der Waals surface area contributed by atoms with Gasteiger partial charge in [-0.1, -0.05) is 48.5 Å². The lowest BCUT2D eigenvalue weighted by Gasteiger charge is -2.27. The molecule has 196 valence electrons. The van der Waals surface area contributed by atoms with Crippen molar-refractivity contribution in [3.8, 4) is 11.5 Å². The largest absolute Gasteiger partial charge is 0.437 e. The summed E-state index contributed by atoms with van der Waals surface area (Å²) in [7, 11) is -1.70. The van der Waals surface area contributed by atoms with Crippen LogP contribution in [0.1, 0.15) is 16.9 Å². The zero-order valence-electron chi connectivity index (χ0n) is 19.9. The standard InChI is InChI=1S/C27H24F3N4O2PS/c28-27(29,30)20-13-17-24(18-14-20)38-34-25(19-11-15-21(16-12-19)33-26(31)32)37(35-22-7-3-1-4-8-22)36-23-9-5-2-6-10-23/h1-18,25,34H,(H4,31,32,33). The van der Waals surface area contributed by atoms with Gasteiger partial charge in [0.15, 0.2) is 5.96 Å². The number of hydrogen-bond donors (Lipinski definition) is 3. The minimum absolute atomic E-state index is 0.0626. The number of nitrogens with one attached hydrogen (secondary N) is 1. The number of benzene rings is 4. The van der Waals surface area contributed by atoms with Crippen LogP contribution in [0.5, 0.6) is 11.5 Å². The first-order valence-corrected chi connectivity index (χ1v) is 13.4. The quantitative estimate of drug-likeness (QED) is 0.0817. The molecule has 0 aliphatic heterocycles. The van der Waals surface area contributed by atoms with Gasteiger partial charge >= 0.3 is 14.6 Å². The fourth-order valence-corrected chi connectivity index (χ4v) is 5.72. The van der Waals surface area contributed by atoms with Crippen LogP contribution in [0.4, 0.5) is 18.9 Å². The summed E-state index contributed by atoms with van der Waals surface area (Å²) >= 11 is 1.18. The molecule has 0 saturated carbocycles. The van der Waals surface area contributed by atoms with Crippen molar-refractivity contribution >= 4 is 32.0 Å². The van der Waals surface area contributed by atoms with E-state index in [0.717, 1.165) is 17.7 Å². The van der Waals surface area contributed by atoms with Gasteiger partial charge in [-0.05, 0) is 78.2 Å². The molecule has 0 spiro atoms. The molecule has 0 aromatic heterocycles. The Kier molecular flexibility index (Phi) is 9.12. The van der Waals surface area contributed by atoms with Crippen molar-refractivity contribution < 1.29 is 22.2 Å². The molecular formula is C27H24F3N4O2PS. The Morgan fingerprint density at radius 1 is 0.763 bits per heavy atom. The van der Waals surface area contributed by atoms with Crippen molar-refractivity contribution in [3.05, 3.63) is 120 Å². The number of nitrogens with two attached hydrogens (primary N) is 2. The minimum Gasteiger partial charge on any atom is -0.437 e. The molecule has 5 N–H and O–H groups in total. The number of hydrogen-bond acceptors (Lipinski definition) is 5. The third kappa shape index (κ3) is 7.89. The number of para-hydroxylation sites is 2. The summed E-state index contributed by atoms with van der Waals surface area (Å²) in [5.41, 5.74) is 11.7. The zero-order chi connectivity index (χ0) is 27.0. The van der Waals surface area contributed by atoms with Crippen molar-refractivity contribution in [1.29, 1.82) is 0 Å². The van der Waals surface area contributed by atoms with E-state index in [1.165, 1.54) is 24.1 Å². The van der Waals surface area contributed by atoms with Gasteiger partial charge in [-0.25, -0.2) is 9.71 Å². The number of halogens is 3. The molecule has 1 unspecified atom stereocenters. The molecule has 6 nitrogen and oxygen atoms in total. The predicted octanol–water partition coefficient (Wildman–Crippen LogP) is 7.38. The fraction of sp³-hybridized carbons (Fsp3) is 0.0741. The molecule has 0 amide bonds. The molecule has 0 bridgehead atoms. The molecule has 0 fully saturated rings. The van der Waals surface area contributed by atoms with Crippen LogP contribution in [0.3, 0.4) is 0 Å². The third-order valence-corrected chi connectivity index (χ3v) is 7.69. The Hall–Kier alpha value is -3.72. The van der Waals surface area contributed by atoms with Gasteiger partial charge in [-0.3, -0.25) is 0 Å². The van der Waals surface area contributed by atoms with E-state index in [-0.39, 0.29) is 5.96 Å². The SMILES string of the molecule is NC(N)=Nc1ccc(C(NSc2ccc(C(F)(F)F)cc2)P(Oc2ccccc2)Oc2ccccc2)cc1. The Morgan fingerprint density at radius 3 is 1.76 bits per heavy atom. The highest BCUT2D eigenvalue weighted by Crippen LogP contribution is 2.52. The second-order valence-corrected chi connectivity index (χ2v) is 10.2. The van der Waals surface area contributed by atoms with E-state index >= 15 is 0 Å². The molecule has 0 radical (unpaired) electrons. The molecular weight excluding hydrogens is 532 g/mol. The molecule has 0 aliphatic rings. The third-order valence-electron chi connectivity index (χ3n) is 5.03. The van der Waals surface area contributed by atoms with Gasteiger partial charge in [0.1, 0.15) is 17.3 Å². The Balaban J connectivity index is 1.66. The molecule has 0 aliphatic carbocycles. The lowest BCUT2D eigenvalue weighted by Crippen LogP contribution is -2.21. The van der Waals surface area contributed by atoms with E-state index in [1.54, 1.807) is 12.1 Å². The Morgan fingerprint density at radius 2 is 1.29 bits per heavy atom. The second kappa shape index (κ2) is 12.7. The summed E-state index contributed by atoms with van der Waals surface area (Å²) in [6.45, 7) is 0. The monoisotopic (exact) mass is 556 g/mol. The van der Waals surface area contributed by atoms with Crippen molar-refractivity contribution in [3.63, 3.8) is 0 Å². The Bertz CT molecular complexity index is 1280. The lowest BCUT2D eigenvalue weighted by molar-refractivity contribution is -0.137. The molecule has 11 heteroatoms. The van der Waals surface area contributed by atoms with Gasteiger partial charge in [-0.15, -0.1) is 0 Å². The van der Waals surface area contributed by atoms with Crippen LogP contribution >= 0.6 is 20.3 Å². The van der Waals surface area contributed by atoms with E-state index in [1.807, 2.05) is 72.8 Å². The highest BCUT2D eigenvalue weighted by Gasteiger charge is 2.31. The van der Waals surface area contributed by atoms with Crippen LogP contribution in [0.25, 0.3) is 0 Å². The topological polar surface area (TPSA) is 94.9 Å². The van der Waals surface area contributed by atoms with Gasteiger partial charge in [0, 0.05) is 4.90 Å². The van der Waals surface area contributed by atoms with Gasteiger partial charge < -0.3 is 20.5 Å². The van der Waals surface area contributed by atoms with Gasteiger partial charge in [0.25, 0.3) is 0 Å². The molecule has 1 atom stereocenters. The average Bonchev–Trinajstić information content (AvgIpc) is 2.90. The maximum absolute atomic E-state index is 13.0. The maximum Gasteiger partial charge on any atom is 0.416 e. The first-order valence-electron chi connectivity index (χ1n) is 11.3. The maximum atomic E-state index is 13.0. The van der Waals surface area contributed by atoms with E-state index in [9.17, 15) is 13.2 Å². The highest BCUT2D eigenvalue weighted by molar-refractivity contribution is 7.97. The first-order chi connectivity index (χ1) is 18.3.